The highest BCUT2D eigenvalue weighted by molar-refractivity contribution is 7.08. The number of rotatable bonds is 1. The predicted molar refractivity (Wildman–Crippen MR) is 42.6 cm³/mol. The molecule has 0 atom stereocenters. The van der Waals surface area contributed by atoms with E-state index in [0.29, 0.717) is 0 Å². The molecule has 1 rings (SSSR count). The van der Waals surface area contributed by atoms with Crippen molar-refractivity contribution in [2.24, 2.45) is 5.73 Å². The molecule has 0 saturated carbocycles. The van der Waals surface area contributed by atoms with Gasteiger partial charge in [-0.2, -0.15) is 11.3 Å². The molecule has 0 aliphatic rings. The minimum Gasteiger partial charge on any atom is -0.384 e. The molecule has 0 amide bonds. The summed E-state index contributed by atoms with van der Waals surface area (Å²) >= 11 is 1.55. The summed E-state index contributed by atoms with van der Waals surface area (Å²) in [5, 5.41) is 10.7. The molecule has 0 aromatic carbocycles. The van der Waals surface area contributed by atoms with E-state index in [-0.39, 0.29) is 18.2 Å². The van der Waals surface area contributed by atoms with E-state index in [1.165, 1.54) is 0 Å². The Morgan fingerprint density at radius 3 is 2.56 bits per heavy atom. The van der Waals surface area contributed by atoms with E-state index in [9.17, 15) is 0 Å². The summed E-state index contributed by atoms with van der Waals surface area (Å²) in [7, 11) is 0. The average Bonchev–Trinajstić information content (AvgIpc) is 2.12. The van der Waals surface area contributed by atoms with Crippen LogP contribution < -0.4 is 5.73 Å². The highest BCUT2D eigenvalue weighted by Gasteiger charge is 1.91. The van der Waals surface area contributed by atoms with Crippen molar-refractivity contribution in [1.29, 1.82) is 5.41 Å². The molecule has 0 aliphatic carbocycles. The van der Waals surface area contributed by atoms with Gasteiger partial charge in [0.25, 0.3) is 0 Å². The van der Waals surface area contributed by atoms with Crippen molar-refractivity contribution < 1.29 is 0 Å². The number of thiophene rings is 1. The van der Waals surface area contributed by atoms with Crippen LogP contribution in [0.15, 0.2) is 16.8 Å². The summed E-state index contributed by atoms with van der Waals surface area (Å²) in [5.74, 6) is 0.145. The van der Waals surface area contributed by atoms with Gasteiger partial charge in [-0.1, -0.05) is 0 Å². The summed E-state index contributed by atoms with van der Waals surface area (Å²) in [6, 6.07) is 1.83. The first-order valence-electron chi connectivity index (χ1n) is 2.17. The lowest BCUT2D eigenvalue weighted by molar-refractivity contribution is 1.44. The minimum absolute atomic E-state index is 0. The third kappa shape index (κ3) is 2.03. The molecule has 4 heteroatoms. The van der Waals surface area contributed by atoms with Gasteiger partial charge in [-0.25, -0.2) is 0 Å². The Labute approximate surface area is 63.6 Å². The van der Waals surface area contributed by atoms with Gasteiger partial charge in [0, 0.05) is 10.9 Å². The monoisotopic (exact) mass is 162 g/mol. The SMILES string of the molecule is Cl.N=C(N)c1ccsc1. The lowest BCUT2D eigenvalue weighted by atomic mass is 10.3. The van der Waals surface area contributed by atoms with Crippen LogP contribution in [-0.2, 0) is 0 Å². The summed E-state index contributed by atoms with van der Waals surface area (Å²) < 4.78 is 0. The number of hydrogen-bond acceptors (Lipinski definition) is 2. The second kappa shape index (κ2) is 3.48. The van der Waals surface area contributed by atoms with Crippen molar-refractivity contribution in [1.82, 2.24) is 0 Å². The van der Waals surface area contributed by atoms with Gasteiger partial charge in [0.15, 0.2) is 0 Å². The van der Waals surface area contributed by atoms with Crippen LogP contribution in [0.4, 0.5) is 0 Å². The number of amidine groups is 1. The zero-order valence-corrected chi connectivity index (χ0v) is 6.26. The van der Waals surface area contributed by atoms with Crippen molar-refractivity contribution in [2.45, 2.75) is 0 Å². The molecule has 0 fully saturated rings. The molecule has 0 saturated heterocycles. The third-order valence-corrected chi connectivity index (χ3v) is 1.52. The fourth-order valence-corrected chi connectivity index (χ4v) is 1.07. The Morgan fingerprint density at radius 2 is 2.33 bits per heavy atom. The molecule has 0 bridgehead atoms. The normalized spacial score (nSPS) is 8.00. The van der Waals surface area contributed by atoms with Crippen molar-refractivity contribution >= 4 is 29.6 Å². The van der Waals surface area contributed by atoms with E-state index >= 15 is 0 Å². The molecule has 0 aliphatic heterocycles. The molecule has 1 aromatic heterocycles. The maximum absolute atomic E-state index is 6.94. The van der Waals surface area contributed by atoms with Gasteiger partial charge in [0.05, 0.1) is 0 Å². The number of hydrogen-bond donors (Lipinski definition) is 2. The summed E-state index contributed by atoms with van der Waals surface area (Å²) in [6.45, 7) is 0. The average molecular weight is 163 g/mol. The first-order valence-corrected chi connectivity index (χ1v) is 3.11. The van der Waals surface area contributed by atoms with Gasteiger partial charge in [-0.15, -0.1) is 12.4 Å². The maximum atomic E-state index is 6.94. The molecule has 0 spiro atoms. The fraction of sp³-hybridized carbons (Fsp3) is 0. The smallest absolute Gasteiger partial charge is 0.123 e. The maximum Gasteiger partial charge on any atom is 0.123 e. The largest absolute Gasteiger partial charge is 0.384 e. The number of nitrogen functional groups attached to an aromatic ring is 1. The number of nitrogens with two attached hydrogens (primary N) is 1. The van der Waals surface area contributed by atoms with Crippen molar-refractivity contribution in [3.8, 4) is 0 Å². The van der Waals surface area contributed by atoms with Crippen molar-refractivity contribution in [2.75, 3.05) is 0 Å². The van der Waals surface area contributed by atoms with Crippen molar-refractivity contribution in [3.63, 3.8) is 0 Å². The van der Waals surface area contributed by atoms with E-state index in [1.807, 2.05) is 16.8 Å². The fourth-order valence-electron chi connectivity index (χ4n) is 0.418. The molecule has 1 heterocycles. The topological polar surface area (TPSA) is 49.9 Å². The van der Waals surface area contributed by atoms with Crippen LogP contribution in [0, 0.1) is 5.41 Å². The zero-order valence-electron chi connectivity index (χ0n) is 4.63. The van der Waals surface area contributed by atoms with Crippen LogP contribution >= 0.6 is 23.7 Å². The van der Waals surface area contributed by atoms with E-state index in [1.54, 1.807) is 11.3 Å². The molecule has 9 heavy (non-hydrogen) atoms. The molecule has 0 unspecified atom stereocenters. The highest BCUT2D eigenvalue weighted by atomic mass is 35.5. The second-order valence-corrected chi connectivity index (χ2v) is 2.21. The first kappa shape index (κ1) is 8.46. The van der Waals surface area contributed by atoms with Gasteiger partial charge < -0.3 is 5.73 Å². The van der Waals surface area contributed by atoms with E-state index < -0.39 is 0 Å². The molecular formula is C5H7ClN2S. The van der Waals surface area contributed by atoms with E-state index in [2.05, 4.69) is 0 Å². The minimum atomic E-state index is 0. The molecule has 0 radical (unpaired) electrons. The van der Waals surface area contributed by atoms with E-state index in [0.717, 1.165) is 5.56 Å². The van der Waals surface area contributed by atoms with Crippen LogP contribution in [0.1, 0.15) is 5.56 Å². The Morgan fingerprint density at radius 1 is 1.67 bits per heavy atom. The molecule has 2 nitrogen and oxygen atoms in total. The van der Waals surface area contributed by atoms with Crippen LogP contribution in [0.3, 0.4) is 0 Å². The Hall–Kier alpha value is -0.540. The summed E-state index contributed by atoms with van der Waals surface area (Å²) in [6.07, 6.45) is 0. The van der Waals surface area contributed by atoms with Crippen molar-refractivity contribution in [3.05, 3.63) is 22.4 Å². The number of nitrogens with one attached hydrogen (secondary N) is 1. The lowest BCUT2D eigenvalue weighted by Crippen LogP contribution is -2.08. The third-order valence-electron chi connectivity index (χ3n) is 0.832. The quantitative estimate of drug-likeness (QED) is 0.477. The summed E-state index contributed by atoms with van der Waals surface area (Å²) in [5.41, 5.74) is 5.96. The Bertz CT molecular complexity index is 183. The standard InChI is InChI=1S/C5H6N2S.ClH/c6-5(7)4-1-2-8-3-4;/h1-3H,(H3,6,7);1H. The molecular weight excluding hydrogens is 156 g/mol. The summed E-state index contributed by atoms with van der Waals surface area (Å²) in [4.78, 5) is 0. The lowest BCUT2D eigenvalue weighted by Gasteiger charge is -1.85. The predicted octanol–water partition coefficient (Wildman–Crippen LogP) is 1.45. The first-order chi connectivity index (χ1) is 3.80. The molecule has 1 aromatic rings. The van der Waals surface area contributed by atoms with Gasteiger partial charge in [0.2, 0.25) is 0 Å². The van der Waals surface area contributed by atoms with Crippen LogP contribution in [0.5, 0.6) is 0 Å². The highest BCUT2D eigenvalue weighted by Crippen LogP contribution is 2.03. The molecule has 3 N–H and O–H groups in total. The number of halogens is 1. The van der Waals surface area contributed by atoms with Crippen LogP contribution in [0.2, 0.25) is 0 Å². The molecule has 50 valence electrons. The van der Waals surface area contributed by atoms with Gasteiger partial charge in [0.1, 0.15) is 5.84 Å². The zero-order chi connectivity index (χ0) is 5.98. The van der Waals surface area contributed by atoms with Crippen LogP contribution in [-0.4, -0.2) is 5.84 Å². The van der Waals surface area contributed by atoms with Gasteiger partial charge >= 0.3 is 0 Å². The second-order valence-electron chi connectivity index (χ2n) is 1.43. The Balaban J connectivity index is 0.000000640. The van der Waals surface area contributed by atoms with Gasteiger partial charge in [-0.3, -0.25) is 5.41 Å². The Kier molecular flexibility index (Phi) is 3.27. The van der Waals surface area contributed by atoms with Crippen LogP contribution in [0.25, 0.3) is 0 Å². The van der Waals surface area contributed by atoms with Gasteiger partial charge in [-0.05, 0) is 11.4 Å². The van der Waals surface area contributed by atoms with E-state index in [4.69, 9.17) is 11.1 Å².